The number of benzene rings is 1. The second kappa shape index (κ2) is 8.03. The fourth-order valence-corrected chi connectivity index (χ4v) is 3.32. The third kappa shape index (κ3) is 3.87. The second-order valence-corrected chi connectivity index (χ2v) is 6.73. The summed E-state index contributed by atoms with van der Waals surface area (Å²) in [4.78, 5) is 25.3. The molecule has 2 aromatic rings. The van der Waals surface area contributed by atoms with Crippen molar-refractivity contribution >= 4 is 46.2 Å². The van der Waals surface area contributed by atoms with Gasteiger partial charge in [0.2, 0.25) is 0 Å². The zero-order valence-corrected chi connectivity index (χ0v) is 15.3. The van der Waals surface area contributed by atoms with E-state index < -0.39 is 11.8 Å². The zero-order chi connectivity index (χ0) is 18.5. The molecule has 2 amide bonds. The Morgan fingerprint density at radius 1 is 1.31 bits per heavy atom. The van der Waals surface area contributed by atoms with Gasteiger partial charge in [0.15, 0.2) is 4.32 Å². The molecular formula is C18H14N2O4S2. The molecule has 132 valence electrons. The Morgan fingerprint density at radius 3 is 2.85 bits per heavy atom. The molecule has 1 N–H and O–H groups in total. The highest BCUT2D eigenvalue weighted by Gasteiger charge is 2.33. The Hall–Kier alpha value is -2.84. The quantitative estimate of drug-likeness (QED) is 0.627. The van der Waals surface area contributed by atoms with E-state index in [1.807, 2.05) is 0 Å². The molecule has 3 rings (SSSR count). The van der Waals surface area contributed by atoms with E-state index in [1.54, 1.807) is 60.9 Å². The van der Waals surface area contributed by atoms with Crippen LogP contribution in [0.5, 0.6) is 5.75 Å². The number of ether oxygens (including phenoxy) is 1. The van der Waals surface area contributed by atoms with Gasteiger partial charge < -0.3 is 9.15 Å². The normalized spacial score (nSPS) is 15.9. The van der Waals surface area contributed by atoms with Crippen LogP contribution in [0, 0.1) is 0 Å². The van der Waals surface area contributed by atoms with Gasteiger partial charge in [-0.15, -0.1) is 0 Å². The first-order valence-electron chi connectivity index (χ1n) is 7.52. The molecule has 1 aliphatic heterocycles. The number of thioether (sulfide) groups is 1. The van der Waals surface area contributed by atoms with Crippen LogP contribution >= 0.6 is 24.0 Å². The van der Waals surface area contributed by atoms with E-state index in [1.165, 1.54) is 7.11 Å². The van der Waals surface area contributed by atoms with E-state index in [9.17, 15) is 9.59 Å². The number of hydrazine groups is 1. The molecule has 8 heteroatoms. The van der Waals surface area contributed by atoms with E-state index in [4.69, 9.17) is 21.4 Å². The van der Waals surface area contributed by atoms with Crippen LogP contribution in [0.3, 0.4) is 0 Å². The molecule has 0 aliphatic carbocycles. The largest absolute Gasteiger partial charge is 0.496 e. The molecule has 1 aromatic heterocycles. The number of nitrogens with one attached hydrogen (secondary N) is 1. The number of para-hydroxylation sites is 1. The topological polar surface area (TPSA) is 71.8 Å². The van der Waals surface area contributed by atoms with Crippen molar-refractivity contribution < 1.29 is 18.7 Å². The number of amides is 2. The summed E-state index contributed by atoms with van der Waals surface area (Å²) in [5.41, 5.74) is 2.83. The van der Waals surface area contributed by atoms with Gasteiger partial charge in [-0.3, -0.25) is 15.0 Å². The number of allylic oxidation sites excluding steroid dienone is 2. The number of nitrogens with zero attached hydrogens (tertiary/aromatic N) is 1. The minimum atomic E-state index is -0.480. The van der Waals surface area contributed by atoms with Gasteiger partial charge in [-0.05, 0) is 48.6 Å². The van der Waals surface area contributed by atoms with Crippen molar-refractivity contribution in [1.29, 1.82) is 0 Å². The smallest absolute Gasteiger partial charge is 0.285 e. The number of furan rings is 1. The summed E-state index contributed by atoms with van der Waals surface area (Å²) in [6.07, 6.45) is 6.59. The number of carbonyl (C=O) groups excluding carboxylic acids is 2. The van der Waals surface area contributed by atoms with Gasteiger partial charge in [-0.25, -0.2) is 0 Å². The lowest BCUT2D eigenvalue weighted by Gasteiger charge is -2.16. The lowest BCUT2D eigenvalue weighted by molar-refractivity contribution is -0.123. The first-order valence-corrected chi connectivity index (χ1v) is 8.75. The molecule has 1 fully saturated rings. The summed E-state index contributed by atoms with van der Waals surface area (Å²) >= 11 is 6.30. The number of hydrogen-bond acceptors (Lipinski definition) is 6. The van der Waals surface area contributed by atoms with Crippen molar-refractivity contribution in [2.24, 2.45) is 0 Å². The number of carbonyl (C=O) groups is 2. The van der Waals surface area contributed by atoms with Crippen LogP contribution in [0.2, 0.25) is 0 Å². The van der Waals surface area contributed by atoms with Crippen molar-refractivity contribution in [1.82, 2.24) is 10.4 Å². The molecule has 2 heterocycles. The molecular weight excluding hydrogens is 372 g/mol. The number of hydrogen-bond donors (Lipinski definition) is 1. The fraction of sp³-hybridized carbons (Fsp3) is 0.0556. The molecule has 0 bridgehead atoms. The van der Waals surface area contributed by atoms with Crippen LogP contribution in [0.15, 0.2) is 64.1 Å². The van der Waals surface area contributed by atoms with Crippen molar-refractivity contribution in [3.8, 4) is 5.75 Å². The Morgan fingerprint density at radius 2 is 2.12 bits per heavy atom. The fourth-order valence-electron chi connectivity index (χ4n) is 2.19. The van der Waals surface area contributed by atoms with Crippen LogP contribution in [0.4, 0.5) is 0 Å². The third-order valence-corrected chi connectivity index (χ3v) is 4.73. The highest BCUT2D eigenvalue weighted by Crippen LogP contribution is 2.30. The van der Waals surface area contributed by atoms with E-state index in [0.29, 0.717) is 22.0 Å². The van der Waals surface area contributed by atoms with Gasteiger partial charge in [0, 0.05) is 0 Å². The maximum absolute atomic E-state index is 12.5. The summed E-state index contributed by atoms with van der Waals surface area (Å²) < 4.78 is 10.6. The summed E-state index contributed by atoms with van der Waals surface area (Å²) in [6, 6.07) is 10.3. The molecule has 6 nitrogen and oxygen atoms in total. The van der Waals surface area contributed by atoms with Crippen LogP contribution in [-0.4, -0.2) is 28.3 Å². The number of thiocarbonyl (C=S) groups is 1. The molecule has 26 heavy (non-hydrogen) atoms. The average molecular weight is 386 g/mol. The van der Waals surface area contributed by atoms with Crippen LogP contribution < -0.4 is 10.2 Å². The highest BCUT2D eigenvalue weighted by molar-refractivity contribution is 8.26. The zero-order valence-electron chi connectivity index (χ0n) is 13.7. The highest BCUT2D eigenvalue weighted by atomic mass is 32.2. The summed E-state index contributed by atoms with van der Waals surface area (Å²) in [7, 11) is 1.47. The predicted octanol–water partition coefficient (Wildman–Crippen LogP) is 3.39. The van der Waals surface area contributed by atoms with Gasteiger partial charge in [0.1, 0.15) is 11.5 Å². The lowest BCUT2D eigenvalue weighted by atomic mass is 10.2. The molecule has 1 aliphatic rings. The standard InChI is InChI=1S/C18H14N2O4S2/c1-23-14-9-3-2-8-13(14)16(21)19-20-17(22)15(26-18(20)25)10-4-6-12-7-5-11-24-12/h2-11H,1H3,(H,19,21)/b6-4+,15-10-. The van der Waals surface area contributed by atoms with Crippen molar-refractivity contribution in [3.63, 3.8) is 0 Å². The van der Waals surface area contributed by atoms with Crippen LogP contribution in [-0.2, 0) is 4.79 Å². The maximum Gasteiger partial charge on any atom is 0.285 e. The molecule has 1 aromatic carbocycles. The number of rotatable bonds is 5. The minimum Gasteiger partial charge on any atom is -0.496 e. The van der Waals surface area contributed by atoms with Gasteiger partial charge >= 0.3 is 0 Å². The second-order valence-electron chi connectivity index (χ2n) is 5.06. The summed E-state index contributed by atoms with van der Waals surface area (Å²) in [5.74, 6) is 0.201. The van der Waals surface area contributed by atoms with Gasteiger partial charge in [0.25, 0.3) is 11.8 Å². The maximum atomic E-state index is 12.5. The van der Waals surface area contributed by atoms with Gasteiger partial charge in [-0.2, -0.15) is 5.01 Å². The van der Waals surface area contributed by atoms with Crippen LogP contribution in [0.25, 0.3) is 6.08 Å². The number of methoxy groups -OCH3 is 1. The van der Waals surface area contributed by atoms with E-state index >= 15 is 0 Å². The monoisotopic (exact) mass is 386 g/mol. The van der Waals surface area contributed by atoms with E-state index in [-0.39, 0.29) is 4.32 Å². The van der Waals surface area contributed by atoms with E-state index in [0.717, 1.165) is 16.8 Å². The van der Waals surface area contributed by atoms with Gasteiger partial charge in [0.05, 0.1) is 23.8 Å². The van der Waals surface area contributed by atoms with Crippen molar-refractivity contribution in [2.75, 3.05) is 7.11 Å². The van der Waals surface area contributed by atoms with Crippen molar-refractivity contribution in [3.05, 3.63) is 71.0 Å². The average Bonchev–Trinajstić information content (AvgIpc) is 3.25. The molecule has 0 radical (unpaired) electrons. The summed E-state index contributed by atoms with van der Waals surface area (Å²) in [5, 5.41) is 1.06. The Bertz CT molecular complexity index is 904. The molecule has 0 unspecified atom stereocenters. The summed E-state index contributed by atoms with van der Waals surface area (Å²) in [6.45, 7) is 0. The Kier molecular flexibility index (Phi) is 5.55. The Balaban J connectivity index is 1.72. The first kappa shape index (κ1) is 18.0. The molecule has 0 spiro atoms. The molecule has 0 atom stereocenters. The Labute approximate surface area is 159 Å². The van der Waals surface area contributed by atoms with E-state index in [2.05, 4.69) is 5.43 Å². The van der Waals surface area contributed by atoms with Gasteiger partial charge in [-0.1, -0.05) is 30.0 Å². The minimum absolute atomic E-state index is 0.246. The van der Waals surface area contributed by atoms with Crippen molar-refractivity contribution in [2.45, 2.75) is 0 Å². The first-order chi connectivity index (χ1) is 12.6. The molecule has 1 saturated heterocycles. The third-order valence-electron chi connectivity index (χ3n) is 3.41. The lowest BCUT2D eigenvalue weighted by Crippen LogP contribution is -2.44. The van der Waals surface area contributed by atoms with Crippen LogP contribution in [0.1, 0.15) is 16.1 Å². The molecule has 0 saturated carbocycles. The SMILES string of the molecule is COc1ccccc1C(=O)NN1C(=O)/C(=C/C=C/c2ccco2)SC1=S. The predicted molar refractivity (Wildman–Crippen MR) is 103 cm³/mol.